The predicted molar refractivity (Wildman–Crippen MR) is 127 cm³/mol. The van der Waals surface area contributed by atoms with Gasteiger partial charge in [-0.3, -0.25) is 9.69 Å². The van der Waals surface area contributed by atoms with Crippen LogP contribution in [-0.4, -0.2) is 35.6 Å². The van der Waals surface area contributed by atoms with Gasteiger partial charge < -0.3 is 21.5 Å². The zero-order valence-electron chi connectivity index (χ0n) is 19.1. The van der Waals surface area contributed by atoms with Crippen LogP contribution < -0.4 is 26.4 Å². The molecule has 0 unspecified atom stereocenters. The molecule has 1 aliphatic rings. The zero-order valence-corrected chi connectivity index (χ0v) is 19.1. The Bertz CT molecular complexity index is 872. The molecule has 8 nitrogen and oxygen atoms in total. The summed E-state index contributed by atoms with van der Waals surface area (Å²) in [6, 6.07) is 8.57. The van der Waals surface area contributed by atoms with Gasteiger partial charge in [0.25, 0.3) is 0 Å². The third-order valence-corrected chi connectivity index (χ3v) is 5.61. The largest absolute Gasteiger partial charge is 0.463 e. The van der Waals surface area contributed by atoms with Gasteiger partial charge in [0, 0.05) is 12.1 Å². The molecule has 0 spiro atoms. The molecular weight excluding hydrogens is 404 g/mol. The number of aromatic nitrogens is 2. The van der Waals surface area contributed by atoms with Crippen LogP contribution in [0.25, 0.3) is 0 Å². The third-order valence-electron chi connectivity index (χ3n) is 5.61. The van der Waals surface area contributed by atoms with Crippen molar-refractivity contribution in [1.82, 2.24) is 15.3 Å². The van der Waals surface area contributed by atoms with E-state index in [0.29, 0.717) is 30.4 Å². The molecule has 2 heterocycles. The van der Waals surface area contributed by atoms with Crippen LogP contribution in [0, 0.1) is 0 Å². The van der Waals surface area contributed by atoms with Crippen molar-refractivity contribution in [2.45, 2.75) is 65.0 Å². The molecule has 1 amide bonds. The maximum Gasteiger partial charge on any atom is 0.320 e. The van der Waals surface area contributed by atoms with E-state index in [4.69, 9.17) is 16.2 Å². The number of ether oxygens (including phenoxy) is 1. The van der Waals surface area contributed by atoms with Gasteiger partial charge in [0.1, 0.15) is 11.6 Å². The lowest BCUT2D eigenvalue weighted by Gasteiger charge is -2.17. The van der Waals surface area contributed by atoms with E-state index in [1.165, 1.54) is 24.8 Å². The van der Waals surface area contributed by atoms with Crippen LogP contribution in [0.3, 0.4) is 0 Å². The Hall–Kier alpha value is -2.71. The Balaban J connectivity index is 1.55. The van der Waals surface area contributed by atoms with Crippen LogP contribution in [-0.2, 0) is 24.3 Å². The number of nitrogen functional groups attached to an aromatic ring is 1. The fourth-order valence-corrected chi connectivity index (χ4v) is 3.69. The van der Waals surface area contributed by atoms with Crippen molar-refractivity contribution in [2.24, 2.45) is 5.73 Å². The summed E-state index contributed by atoms with van der Waals surface area (Å²) in [5, 5.41) is 3.48. The van der Waals surface area contributed by atoms with Gasteiger partial charge >= 0.3 is 6.01 Å². The van der Waals surface area contributed by atoms with Gasteiger partial charge in [-0.25, -0.2) is 0 Å². The predicted octanol–water partition coefficient (Wildman–Crippen LogP) is 2.94. The van der Waals surface area contributed by atoms with Crippen LogP contribution in [0.5, 0.6) is 6.01 Å². The van der Waals surface area contributed by atoms with E-state index in [1.807, 2.05) is 0 Å². The lowest BCUT2D eigenvalue weighted by molar-refractivity contribution is -0.117. The second-order valence-corrected chi connectivity index (χ2v) is 8.25. The highest BCUT2D eigenvalue weighted by Crippen LogP contribution is 2.33. The Morgan fingerprint density at radius 3 is 2.56 bits per heavy atom. The highest BCUT2D eigenvalue weighted by atomic mass is 16.5. The summed E-state index contributed by atoms with van der Waals surface area (Å²) in [5.74, 6) is 0.864. The van der Waals surface area contributed by atoms with Crippen molar-refractivity contribution in [3.8, 4) is 6.01 Å². The number of nitrogens with two attached hydrogens (primary N) is 2. The monoisotopic (exact) mass is 440 g/mol. The van der Waals surface area contributed by atoms with Crippen LogP contribution in [0.4, 0.5) is 11.6 Å². The first kappa shape index (κ1) is 23.9. The van der Waals surface area contributed by atoms with Gasteiger partial charge in [-0.2, -0.15) is 9.97 Å². The standard InChI is InChI=1S/C24H36N6O2/c1-2-3-14-32-24-28-22(26)20-15-21(31)30(23(20)29-24)17-19-10-8-18(9-11-19)16-27-13-7-5-4-6-12-25/h8-11,27H,2-7,12-17,25H2,1H3,(H2,26,28,29). The molecule has 0 saturated heterocycles. The molecule has 0 aliphatic carbocycles. The number of rotatable bonds is 14. The molecule has 32 heavy (non-hydrogen) atoms. The molecule has 8 heteroatoms. The molecule has 0 atom stereocenters. The second kappa shape index (κ2) is 12.4. The number of hydrogen-bond donors (Lipinski definition) is 3. The minimum atomic E-state index is -0.0212. The van der Waals surface area contributed by atoms with Crippen molar-refractivity contribution in [2.75, 3.05) is 30.3 Å². The summed E-state index contributed by atoms with van der Waals surface area (Å²) in [4.78, 5) is 23.0. The minimum absolute atomic E-state index is 0.0212. The molecule has 1 aromatic carbocycles. The SMILES string of the molecule is CCCCOc1nc(N)c2c(n1)N(Cc1ccc(CNCCCCCCN)cc1)C(=O)C2. The van der Waals surface area contributed by atoms with Crippen molar-refractivity contribution in [3.05, 3.63) is 41.0 Å². The Kier molecular flexibility index (Phi) is 9.25. The number of unbranched alkanes of at least 4 members (excludes halogenated alkanes) is 4. The maximum atomic E-state index is 12.6. The van der Waals surface area contributed by atoms with Crippen LogP contribution in [0.15, 0.2) is 24.3 Å². The Morgan fingerprint density at radius 2 is 1.81 bits per heavy atom. The second-order valence-electron chi connectivity index (χ2n) is 8.25. The first-order valence-electron chi connectivity index (χ1n) is 11.7. The van der Waals surface area contributed by atoms with Crippen molar-refractivity contribution in [3.63, 3.8) is 0 Å². The van der Waals surface area contributed by atoms with Gasteiger partial charge in [-0.15, -0.1) is 0 Å². The van der Waals surface area contributed by atoms with Gasteiger partial charge in [0.2, 0.25) is 5.91 Å². The van der Waals surface area contributed by atoms with E-state index in [0.717, 1.165) is 44.5 Å². The number of anilines is 2. The number of carbonyl (C=O) groups excluding carboxylic acids is 1. The van der Waals surface area contributed by atoms with Crippen molar-refractivity contribution in [1.29, 1.82) is 0 Å². The summed E-state index contributed by atoms with van der Waals surface area (Å²) in [5.41, 5.74) is 14.6. The molecule has 2 aromatic rings. The average Bonchev–Trinajstić information content (AvgIpc) is 3.10. The van der Waals surface area contributed by atoms with Crippen LogP contribution in [0.1, 0.15) is 62.1 Å². The lowest BCUT2D eigenvalue weighted by Crippen LogP contribution is -2.26. The minimum Gasteiger partial charge on any atom is -0.463 e. The smallest absolute Gasteiger partial charge is 0.320 e. The highest BCUT2D eigenvalue weighted by Gasteiger charge is 2.32. The van der Waals surface area contributed by atoms with E-state index < -0.39 is 0 Å². The fourth-order valence-electron chi connectivity index (χ4n) is 3.69. The topological polar surface area (TPSA) is 119 Å². The quantitative estimate of drug-likeness (QED) is 0.386. The molecule has 0 bridgehead atoms. The first-order valence-corrected chi connectivity index (χ1v) is 11.7. The number of amides is 1. The Morgan fingerprint density at radius 1 is 1.06 bits per heavy atom. The lowest BCUT2D eigenvalue weighted by atomic mass is 10.1. The summed E-state index contributed by atoms with van der Waals surface area (Å²) < 4.78 is 5.62. The zero-order chi connectivity index (χ0) is 22.8. The van der Waals surface area contributed by atoms with E-state index in [1.54, 1.807) is 4.90 Å². The molecule has 3 rings (SSSR count). The molecule has 174 valence electrons. The molecule has 0 fully saturated rings. The average molecular weight is 441 g/mol. The van der Waals surface area contributed by atoms with Crippen LogP contribution in [0.2, 0.25) is 0 Å². The molecule has 1 aromatic heterocycles. The summed E-state index contributed by atoms with van der Waals surface area (Å²) in [7, 11) is 0. The molecule has 5 N–H and O–H groups in total. The van der Waals surface area contributed by atoms with Crippen molar-refractivity contribution >= 4 is 17.5 Å². The summed E-state index contributed by atoms with van der Waals surface area (Å²) in [6.45, 7) is 5.70. The van der Waals surface area contributed by atoms with E-state index >= 15 is 0 Å². The molecular formula is C24H36N6O2. The van der Waals surface area contributed by atoms with Gasteiger partial charge in [-0.1, -0.05) is 50.5 Å². The van der Waals surface area contributed by atoms with Gasteiger partial charge in [-0.05, 0) is 43.5 Å². The molecule has 0 radical (unpaired) electrons. The number of benzene rings is 1. The normalized spacial score (nSPS) is 12.9. The van der Waals surface area contributed by atoms with Gasteiger partial charge in [0.15, 0.2) is 0 Å². The Labute approximate surface area is 190 Å². The molecule has 1 aliphatic heterocycles. The highest BCUT2D eigenvalue weighted by molar-refractivity contribution is 6.01. The van der Waals surface area contributed by atoms with Crippen molar-refractivity contribution < 1.29 is 9.53 Å². The van der Waals surface area contributed by atoms with E-state index in [9.17, 15) is 4.79 Å². The van der Waals surface area contributed by atoms with E-state index in [2.05, 4.69) is 46.5 Å². The number of carbonyl (C=O) groups is 1. The molecule has 0 saturated carbocycles. The first-order chi connectivity index (χ1) is 15.6. The summed E-state index contributed by atoms with van der Waals surface area (Å²) >= 11 is 0. The summed E-state index contributed by atoms with van der Waals surface area (Å²) in [6.07, 6.45) is 6.86. The van der Waals surface area contributed by atoms with Crippen LogP contribution >= 0.6 is 0 Å². The third kappa shape index (κ3) is 6.64. The maximum absolute atomic E-state index is 12.6. The fraction of sp³-hybridized carbons (Fsp3) is 0.542. The number of nitrogens with one attached hydrogen (secondary N) is 1. The number of hydrogen-bond acceptors (Lipinski definition) is 7. The van der Waals surface area contributed by atoms with Gasteiger partial charge in [0.05, 0.1) is 19.6 Å². The number of fused-ring (bicyclic) bond motifs is 1. The van der Waals surface area contributed by atoms with E-state index in [-0.39, 0.29) is 18.3 Å². The number of nitrogens with zero attached hydrogens (tertiary/aromatic N) is 3.